The van der Waals surface area contributed by atoms with E-state index in [9.17, 15) is 4.79 Å². The van der Waals surface area contributed by atoms with Gasteiger partial charge in [0.25, 0.3) is 5.91 Å². The van der Waals surface area contributed by atoms with Crippen LogP contribution in [0.15, 0.2) is 60.8 Å². The highest BCUT2D eigenvalue weighted by Gasteiger charge is 2.11. The Kier molecular flexibility index (Phi) is 5.21. The third-order valence-corrected chi connectivity index (χ3v) is 4.56. The monoisotopic (exact) mass is 404 g/mol. The molecule has 0 aliphatic carbocycles. The average Bonchev–Trinajstić information content (AvgIpc) is 3.22. The first-order valence-corrected chi connectivity index (χ1v) is 9.15. The number of carbonyl (C=O) groups excluding carboxylic acids is 1. The fourth-order valence-electron chi connectivity index (χ4n) is 2.98. The summed E-state index contributed by atoms with van der Waals surface area (Å²) in [7, 11) is 4.65. The van der Waals surface area contributed by atoms with Crippen molar-refractivity contribution in [3.8, 4) is 28.6 Å². The largest absolute Gasteiger partial charge is 0.497 e. The van der Waals surface area contributed by atoms with E-state index >= 15 is 0 Å². The Bertz CT molecular complexity index is 1180. The van der Waals surface area contributed by atoms with Crippen LogP contribution in [0.2, 0.25) is 0 Å². The molecule has 0 spiro atoms. The van der Waals surface area contributed by atoms with E-state index in [2.05, 4.69) is 15.4 Å². The number of imidazole rings is 1. The van der Waals surface area contributed by atoms with Crippen LogP contribution in [-0.4, -0.2) is 41.8 Å². The maximum absolute atomic E-state index is 12.6. The number of ether oxygens (including phenoxy) is 3. The van der Waals surface area contributed by atoms with E-state index in [-0.39, 0.29) is 5.91 Å². The van der Waals surface area contributed by atoms with Crippen LogP contribution in [0.4, 0.5) is 5.69 Å². The van der Waals surface area contributed by atoms with E-state index in [0.717, 1.165) is 16.9 Å². The highest BCUT2D eigenvalue weighted by Crippen LogP contribution is 2.25. The van der Waals surface area contributed by atoms with Gasteiger partial charge in [0.05, 0.1) is 33.2 Å². The van der Waals surface area contributed by atoms with Crippen molar-refractivity contribution in [1.82, 2.24) is 14.6 Å². The predicted octanol–water partition coefficient (Wildman–Crippen LogP) is 3.67. The number of benzene rings is 2. The topological polar surface area (TPSA) is 87.0 Å². The molecule has 0 atom stereocenters. The molecule has 4 rings (SSSR count). The van der Waals surface area contributed by atoms with Crippen molar-refractivity contribution in [2.75, 3.05) is 26.6 Å². The van der Waals surface area contributed by atoms with Gasteiger partial charge in [0.15, 0.2) is 5.65 Å². The first-order chi connectivity index (χ1) is 14.6. The van der Waals surface area contributed by atoms with Crippen molar-refractivity contribution in [3.63, 3.8) is 0 Å². The van der Waals surface area contributed by atoms with Gasteiger partial charge in [0.1, 0.15) is 11.5 Å². The maximum Gasteiger partial charge on any atom is 0.255 e. The average molecular weight is 404 g/mol. The summed E-state index contributed by atoms with van der Waals surface area (Å²) in [6.07, 6.45) is 1.83. The molecule has 0 aliphatic heterocycles. The second-order valence-corrected chi connectivity index (χ2v) is 6.44. The summed E-state index contributed by atoms with van der Waals surface area (Å²) in [5.41, 5.74) is 3.49. The zero-order valence-electron chi connectivity index (χ0n) is 16.7. The second-order valence-electron chi connectivity index (χ2n) is 6.44. The van der Waals surface area contributed by atoms with Crippen LogP contribution in [-0.2, 0) is 0 Å². The summed E-state index contributed by atoms with van der Waals surface area (Å²) >= 11 is 0. The minimum atomic E-state index is -0.260. The van der Waals surface area contributed by atoms with E-state index in [4.69, 9.17) is 14.2 Å². The number of rotatable bonds is 6. The molecule has 0 saturated heterocycles. The highest BCUT2D eigenvalue weighted by molar-refractivity contribution is 6.04. The summed E-state index contributed by atoms with van der Waals surface area (Å²) in [4.78, 5) is 17.2. The second kappa shape index (κ2) is 8.12. The molecule has 8 heteroatoms. The molecule has 2 heterocycles. The molecule has 0 aliphatic rings. The molecular formula is C22H20N4O4. The first kappa shape index (κ1) is 19.3. The van der Waals surface area contributed by atoms with Crippen molar-refractivity contribution < 1.29 is 19.0 Å². The van der Waals surface area contributed by atoms with Gasteiger partial charge in [-0.25, -0.2) is 9.50 Å². The number of hydrogen-bond acceptors (Lipinski definition) is 6. The summed E-state index contributed by atoms with van der Waals surface area (Å²) in [5.74, 6) is 1.35. The molecule has 2 aromatic heterocycles. The Hall–Kier alpha value is -4.07. The third-order valence-electron chi connectivity index (χ3n) is 4.56. The molecule has 4 aromatic rings. The lowest BCUT2D eigenvalue weighted by Gasteiger charge is -2.09. The van der Waals surface area contributed by atoms with Crippen molar-refractivity contribution in [2.24, 2.45) is 0 Å². The van der Waals surface area contributed by atoms with Gasteiger partial charge in [-0.15, -0.1) is 5.10 Å². The Balaban J connectivity index is 1.53. The quantitative estimate of drug-likeness (QED) is 0.528. The molecule has 0 bridgehead atoms. The summed E-state index contributed by atoms with van der Waals surface area (Å²) in [6.45, 7) is 0. The Morgan fingerprint density at radius 1 is 0.900 bits per heavy atom. The number of aromatic nitrogens is 3. The molecule has 0 radical (unpaired) electrons. The molecule has 0 fully saturated rings. The van der Waals surface area contributed by atoms with Gasteiger partial charge < -0.3 is 19.5 Å². The fourth-order valence-corrected chi connectivity index (χ4v) is 2.98. The zero-order valence-corrected chi connectivity index (χ0v) is 16.7. The van der Waals surface area contributed by atoms with Gasteiger partial charge in [-0.1, -0.05) is 12.1 Å². The third kappa shape index (κ3) is 3.88. The summed E-state index contributed by atoms with van der Waals surface area (Å²) < 4.78 is 17.2. The van der Waals surface area contributed by atoms with Crippen molar-refractivity contribution in [1.29, 1.82) is 0 Å². The minimum Gasteiger partial charge on any atom is -0.497 e. The van der Waals surface area contributed by atoms with Gasteiger partial charge in [-0.3, -0.25) is 4.79 Å². The predicted molar refractivity (Wildman–Crippen MR) is 112 cm³/mol. The van der Waals surface area contributed by atoms with Gasteiger partial charge in [0, 0.05) is 28.9 Å². The number of carbonyl (C=O) groups is 1. The number of amides is 1. The summed E-state index contributed by atoms with van der Waals surface area (Å²) in [5, 5.41) is 7.19. The van der Waals surface area contributed by atoms with Crippen molar-refractivity contribution in [2.45, 2.75) is 0 Å². The minimum absolute atomic E-state index is 0.260. The molecule has 2 aromatic carbocycles. The van der Waals surface area contributed by atoms with Crippen LogP contribution < -0.4 is 19.5 Å². The lowest BCUT2D eigenvalue weighted by Crippen LogP contribution is -2.12. The Labute approximate surface area is 173 Å². The van der Waals surface area contributed by atoms with E-state index in [1.54, 1.807) is 50.1 Å². The molecule has 1 N–H and O–H groups in total. The van der Waals surface area contributed by atoms with Crippen LogP contribution in [0.5, 0.6) is 17.4 Å². The van der Waals surface area contributed by atoms with E-state index in [0.29, 0.717) is 28.6 Å². The Morgan fingerprint density at radius 3 is 2.23 bits per heavy atom. The normalized spacial score (nSPS) is 10.6. The van der Waals surface area contributed by atoms with E-state index in [1.807, 2.05) is 36.5 Å². The molecular weight excluding hydrogens is 384 g/mol. The molecule has 0 saturated carbocycles. The standard InChI is InChI=1S/C22H20N4O4/c1-28-17-10-15(11-18(12-17)29-2)22(27)23-16-6-4-14(5-7-16)19-13-26-20(24-19)8-9-21(25-26)30-3/h4-13H,1-3H3,(H,23,27). The van der Waals surface area contributed by atoms with Crippen LogP contribution in [0.3, 0.4) is 0 Å². The summed E-state index contributed by atoms with van der Waals surface area (Å²) in [6, 6.07) is 16.1. The van der Waals surface area contributed by atoms with Crippen LogP contribution >= 0.6 is 0 Å². The lowest BCUT2D eigenvalue weighted by atomic mass is 10.1. The molecule has 8 nitrogen and oxygen atoms in total. The molecule has 1 amide bonds. The Morgan fingerprint density at radius 2 is 1.60 bits per heavy atom. The van der Waals surface area contributed by atoms with Crippen LogP contribution in [0, 0.1) is 0 Å². The van der Waals surface area contributed by atoms with E-state index in [1.165, 1.54) is 0 Å². The first-order valence-electron chi connectivity index (χ1n) is 9.15. The number of hydrogen-bond donors (Lipinski definition) is 1. The van der Waals surface area contributed by atoms with Crippen molar-refractivity contribution in [3.05, 3.63) is 66.4 Å². The number of fused-ring (bicyclic) bond motifs is 1. The van der Waals surface area contributed by atoms with E-state index < -0.39 is 0 Å². The smallest absolute Gasteiger partial charge is 0.255 e. The lowest BCUT2D eigenvalue weighted by molar-refractivity contribution is 0.102. The van der Waals surface area contributed by atoms with Gasteiger partial charge in [-0.05, 0) is 30.3 Å². The fraction of sp³-hybridized carbons (Fsp3) is 0.136. The number of nitrogens with one attached hydrogen (secondary N) is 1. The zero-order chi connectivity index (χ0) is 21.1. The van der Waals surface area contributed by atoms with Gasteiger partial charge in [-0.2, -0.15) is 0 Å². The maximum atomic E-state index is 12.6. The number of methoxy groups -OCH3 is 3. The highest BCUT2D eigenvalue weighted by atomic mass is 16.5. The van der Waals surface area contributed by atoms with Gasteiger partial charge >= 0.3 is 0 Å². The molecule has 30 heavy (non-hydrogen) atoms. The molecule has 0 unspecified atom stereocenters. The number of nitrogens with zero attached hydrogens (tertiary/aromatic N) is 3. The molecule has 152 valence electrons. The van der Waals surface area contributed by atoms with Crippen LogP contribution in [0.1, 0.15) is 10.4 Å². The number of anilines is 1. The SMILES string of the molecule is COc1cc(OC)cc(C(=O)Nc2ccc(-c3cn4nc(OC)ccc4n3)cc2)c1. The van der Waals surface area contributed by atoms with Crippen LogP contribution in [0.25, 0.3) is 16.9 Å². The van der Waals surface area contributed by atoms with Gasteiger partial charge in [0.2, 0.25) is 5.88 Å². The van der Waals surface area contributed by atoms with Crippen molar-refractivity contribution >= 4 is 17.2 Å².